The standard InChI is InChI=1S/C18H25N3O4/c1-13-5-6-15(11-19-13)10-17(23)20-8-3-4-16(7-9-20)21(14(2)22)12-18(24)25/h5-6,11,16H,3-4,7-10,12H2,1-2H3,(H,24,25)/t16-/m0/s1. The van der Waals surface area contributed by atoms with Crippen LogP contribution in [0.1, 0.15) is 37.4 Å². The minimum atomic E-state index is -1.01. The molecule has 1 aliphatic rings. The summed E-state index contributed by atoms with van der Waals surface area (Å²) in [6.07, 6.45) is 4.10. The van der Waals surface area contributed by atoms with Crippen molar-refractivity contribution >= 4 is 17.8 Å². The third kappa shape index (κ3) is 5.55. The number of likely N-dealkylation sites (tertiary alicyclic amines) is 1. The maximum Gasteiger partial charge on any atom is 0.323 e. The van der Waals surface area contributed by atoms with Crippen LogP contribution >= 0.6 is 0 Å². The molecule has 2 rings (SSSR count). The molecular weight excluding hydrogens is 322 g/mol. The van der Waals surface area contributed by atoms with Gasteiger partial charge in [-0.25, -0.2) is 0 Å². The van der Waals surface area contributed by atoms with Gasteiger partial charge in [-0.15, -0.1) is 0 Å². The first-order valence-corrected chi connectivity index (χ1v) is 8.55. The Labute approximate surface area is 147 Å². The van der Waals surface area contributed by atoms with Crippen LogP contribution in [-0.2, 0) is 20.8 Å². The molecule has 1 saturated heterocycles. The zero-order chi connectivity index (χ0) is 18.4. The SMILES string of the molecule is CC(=O)N(CC(=O)O)[C@H]1CCCN(C(=O)Cc2ccc(C)nc2)CC1. The van der Waals surface area contributed by atoms with E-state index in [2.05, 4.69) is 4.98 Å². The van der Waals surface area contributed by atoms with Crippen molar-refractivity contribution in [3.8, 4) is 0 Å². The number of hydrogen-bond acceptors (Lipinski definition) is 4. The Morgan fingerprint density at radius 1 is 1.28 bits per heavy atom. The van der Waals surface area contributed by atoms with Gasteiger partial charge in [-0.1, -0.05) is 6.07 Å². The predicted molar refractivity (Wildman–Crippen MR) is 91.9 cm³/mol. The molecule has 0 saturated carbocycles. The van der Waals surface area contributed by atoms with Crippen LogP contribution in [0.4, 0.5) is 0 Å². The van der Waals surface area contributed by atoms with E-state index in [1.807, 2.05) is 19.1 Å². The van der Waals surface area contributed by atoms with Crippen molar-refractivity contribution in [3.63, 3.8) is 0 Å². The van der Waals surface area contributed by atoms with E-state index >= 15 is 0 Å². The first-order chi connectivity index (χ1) is 11.9. The molecule has 1 N–H and O–H groups in total. The number of carboxylic acid groups (broad SMARTS) is 1. The topological polar surface area (TPSA) is 90.8 Å². The molecule has 7 nitrogen and oxygen atoms in total. The number of aliphatic carboxylic acids is 1. The van der Waals surface area contributed by atoms with Gasteiger partial charge in [0.25, 0.3) is 0 Å². The second kappa shape index (κ2) is 8.60. The fourth-order valence-corrected chi connectivity index (χ4v) is 3.17. The normalized spacial score (nSPS) is 17.7. The van der Waals surface area contributed by atoms with Gasteiger partial charge < -0.3 is 14.9 Å². The fraction of sp³-hybridized carbons (Fsp3) is 0.556. The third-order valence-corrected chi connectivity index (χ3v) is 4.53. The molecule has 0 aromatic carbocycles. The van der Waals surface area contributed by atoms with E-state index < -0.39 is 5.97 Å². The van der Waals surface area contributed by atoms with Gasteiger partial charge in [0.2, 0.25) is 11.8 Å². The van der Waals surface area contributed by atoms with Gasteiger partial charge in [0.15, 0.2) is 0 Å². The highest BCUT2D eigenvalue weighted by Gasteiger charge is 2.27. The molecule has 1 fully saturated rings. The van der Waals surface area contributed by atoms with Crippen LogP contribution in [0.2, 0.25) is 0 Å². The van der Waals surface area contributed by atoms with E-state index in [1.54, 1.807) is 11.1 Å². The Hall–Kier alpha value is -2.44. The molecule has 7 heteroatoms. The van der Waals surface area contributed by atoms with Crippen molar-refractivity contribution in [3.05, 3.63) is 29.6 Å². The van der Waals surface area contributed by atoms with Gasteiger partial charge in [0.1, 0.15) is 6.54 Å². The summed E-state index contributed by atoms with van der Waals surface area (Å²) in [5.41, 5.74) is 1.80. The summed E-state index contributed by atoms with van der Waals surface area (Å²) in [7, 11) is 0. The number of carboxylic acids is 1. The molecule has 0 radical (unpaired) electrons. The number of aryl methyl sites for hydroxylation is 1. The molecule has 25 heavy (non-hydrogen) atoms. The largest absolute Gasteiger partial charge is 0.480 e. The molecule has 0 spiro atoms. The van der Waals surface area contributed by atoms with Crippen LogP contribution in [0.3, 0.4) is 0 Å². The van der Waals surface area contributed by atoms with Crippen LogP contribution in [0.15, 0.2) is 18.3 Å². The van der Waals surface area contributed by atoms with Gasteiger partial charge in [0.05, 0.1) is 6.42 Å². The lowest BCUT2D eigenvalue weighted by Crippen LogP contribution is -2.43. The predicted octanol–water partition coefficient (Wildman–Crippen LogP) is 1.25. The number of nitrogens with zero attached hydrogens (tertiary/aromatic N) is 3. The lowest BCUT2D eigenvalue weighted by Gasteiger charge is -2.28. The van der Waals surface area contributed by atoms with Crippen LogP contribution < -0.4 is 0 Å². The molecule has 2 heterocycles. The van der Waals surface area contributed by atoms with E-state index in [0.29, 0.717) is 32.4 Å². The number of carbonyl (C=O) groups excluding carboxylic acids is 2. The van der Waals surface area contributed by atoms with Gasteiger partial charge in [0, 0.05) is 37.9 Å². The molecule has 1 aromatic heterocycles. The minimum Gasteiger partial charge on any atom is -0.480 e. The highest BCUT2D eigenvalue weighted by molar-refractivity contribution is 5.80. The first-order valence-electron chi connectivity index (χ1n) is 8.55. The fourth-order valence-electron chi connectivity index (χ4n) is 3.17. The summed E-state index contributed by atoms with van der Waals surface area (Å²) in [5.74, 6) is -1.21. The van der Waals surface area contributed by atoms with E-state index in [4.69, 9.17) is 5.11 Å². The molecule has 0 unspecified atom stereocenters. The van der Waals surface area contributed by atoms with Crippen LogP contribution in [0.5, 0.6) is 0 Å². The minimum absolute atomic E-state index is 0.0407. The van der Waals surface area contributed by atoms with E-state index in [-0.39, 0.29) is 24.4 Å². The molecule has 136 valence electrons. The Morgan fingerprint density at radius 2 is 2.04 bits per heavy atom. The van der Waals surface area contributed by atoms with Gasteiger partial charge in [-0.05, 0) is 37.8 Å². The zero-order valence-electron chi connectivity index (χ0n) is 14.8. The number of amides is 2. The zero-order valence-corrected chi connectivity index (χ0v) is 14.8. The van der Waals surface area contributed by atoms with Crippen molar-refractivity contribution in [1.82, 2.24) is 14.8 Å². The summed E-state index contributed by atoms with van der Waals surface area (Å²) < 4.78 is 0. The monoisotopic (exact) mass is 347 g/mol. The van der Waals surface area contributed by atoms with Gasteiger partial charge in [-0.2, -0.15) is 0 Å². The summed E-state index contributed by atoms with van der Waals surface area (Å²) in [5, 5.41) is 8.99. The second-order valence-corrected chi connectivity index (χ2v) is 6.49. The van der Waals surface area contributed by atoms with Gasteiger partial charge >= 0.3 is 5.97 Å². The maximum absolute atomic E-state index is 12.5. The number of pyridine rings is 1. The number of hydrogen-bond donors (Lipinski definition) is 1. The average molecular weight is 347 g/mol. The lowest BCUT2D eigenvalue weighted by atomic mass is 10.1. The average Bonchev–Trinajstić information content (AvgIpc) is 2.80. The van der Waals surface area contributed by atoms with Crippen molar-refractivity contribution < 1.29 is 19.5 Å². The second-order valence-electron chi connectivity index (χ2n) is 6.49. The molecule has 1 atom stereocenters. The summed E-state index contributed by atoms with van der Waals surface area (Å²) in [6, 6.07) is 3.66. The summed E-state index contributed by atoms with van der Waals surface area (Å²) in [6.45, 7) is 4.17. The maximum atomic E-state index is 12.5. The van der Waals surface area contributed by atoms with Crippen molar-refractivity contribution in [2.24, 2.45) is 0 Å². The Bertz CT molecular complexity index is 630. The lowest BCUT2D eigenvalue weighted by molar-refractivity contribution is -0.145. The smallest absolute Gasteiger partial charge is 0.323 e. The van der Waals surface area contributed by atoms with Crippen LogP contribution in [-0.4, -0.2) is 63.4 Å². The van der Waals surface area contributed by atoms with E-state index in [0.717, 1.165) is 17.7 Å². The Balaban J connectivity index is 1.95. The molecule has 1 aromatic rings. The van der Waals surface area contributed by atoms with Gasteiger partial charge in [-0.3, -0.25) is 19.4 Å². The molecular formula is C18H25N3O4. The van der Waals surface area contributed by atoms with Crippen LogP contribution in [0.25, 0.3) is 0 Å². The summed E-state index contributed by atoms with van der Waals surface area (Å²) in [4.78, 5) is 42.7. The highest BCUT2D eigenvalue weighted by atomic mass is 16.4. The van der Waals surface area contributed by atoms with Crippen molar-refractivity contribution in [2.75, 3.05) is 19.6 Å². The number of carbonyl (C=O) groups is 3. The van der Waals surface area contributed by atoms with Crippen molar-refractivity contribution in [1.29, 1.82) is 0 Å². The number of aromatic nitrogens is 1. The van der Waals surface area contributed by atoms with Crippen LogP contribution in [0, 0.1) is 6.92 Å². The molecule has 0 aliphatic carbocycles. The Morgan fingerprint density at radius 3 is 2.64 bits per heavy atom. The summed E-state index contributed by atoms with van der Waals surface area (Å²) >= 11 is 0. The van der Waals surface area contributed by atoms with Crippen molar-refractivity contribution in [2.45, 2.75) is 45.6 Å². The quantitative estimate of drug-likeness (QED) is 0.865. The third-order valence-electron chi connectivity index (χ3n) is 4.53. The highest BCUT2D eigenvalue weighted by Crippen LogP contribution is 2.18. The molecule has 0 bridgehead atoms. The first kappa shape index (κ1) is 18.9. The molecule has 2 amide bonds. The Kier molecular flexibility index (Phi) is 6.50. The molecule has 1 aliphatic heterocycles. The van der Waals surface area contributed by atoms with E-state index in [1.165, 1.54) is 11.8 Å². The number of rotatable bonds is 5. The van der Waals surface area contributed by atoms with E-state index in [9.17, 15) is 14.4 Å².